The fourth-order valence-electron chi connectivity index (χ4n) is 6.49. The maximum absolute atomic E-state index is 14.3. The number of ether oxygens (including phenoxy) is 7. The van der Waals surface area contributed by atoms with Crippen molar-refractivity contribution in [3.8, 4) is 40.1 Å². The number of phenolic OH excluding ortho intramolecular Hbond substituents is 2. The van der Waals surface area contributed by atoms with Crippen molar-refractivity contribution in [1.29, 1.82) is 0 Å². The van der Waals surface area contributed by atoms with E-state index in [2.05, 4.69) is 0 Å². The first kappa shape index (κ1) is 41.7. The van der Waals surface area contributed by atoms with Gasteiger partial charge in [0.05, 0.1) is 26.9 Å². The lowest BCUT2D eigenvalue weighted by Gasteiger charge is -2.45. The monoisotopic (exact) mass is 802 g/mol. The Hall–Kier alpha value is -3.95. The van der Waals surface area contributed by atoms with E-state index in [1.807, 2.05) is 0 Å². The molecule has 15 atom stereocenters. The highest BCUT2D eigenvalue weighted by Crippen LogP contribution is 2.41. The van der Waals surface area contributed by atoms with Crippen LogP contribution in [0.2, 0.25) is 0 Å². The van der Waals surface area contributed by atoms with Crippen LogP contribution in [0.25, 0.3) is 22.3 Å². The van der Waals surface area contributed by atoms with E-state index >= 15 is 0 Å². The van der Waals surface area contributed by atoms with E-state index in [9.17, 15) is 71.2 Å². The fraction of sp³-hybridized carbons (Fsp3) is 0.559. The van der Waals surface area contributed by atoms with Crippen LogP contribution in [-0.4, -0.2) is 185 Å². The lowest BCUT2D eigenvalue weighted by Crippen LogP contribution is -2.65. The molecule has 0 unspecified atom stereocenters. The minimum atomic E-state index is -2.03. The minimum Gasteiger partial charge on any atom is -0.507 e. The summed E-state index contributed by atoms with van der Waals surface area (Å²) in [5.74, 6) is -2.79. The number of aliphatic hydroxyl groups is 11. The van der Waals surface area contributed by atoms with Crippen molar-refractivity contribution in [3.63, 3.8) is 0 Å². The lowest BCUT2D eigenvalue weighted by molar-refractivity contribution is -0.358. The molecule has 1 aromatic heterocycles. The van der Waals surface area contributed by atoms with Gasteiger partial charge >= 0.3 is 0 Å². The normalized spacial score (nSPS) is 36.3. The average Bonchev–Trinajstić information content (AvgIpc) is 3.18. The molecule has 0 saturated carbocycles. The van der Waals surface area contributed by atoms with Gasteiger partial charge in [0.15, 0.2) is 29.7 Å². The summed E-state index contributed by atoms with van der Waals surface area (Å²) in [4.78, 5) is 14.3. The van der Waals surface area contributed by atoms with Gasteiger partial charge in [-0.1, -0.05) is 0 Å². The van der Waals surface area contributed by atoms with Gasteiger partial charge in [-0.15, -0.1) is 0 Å². The van der Waals surface area contributed by atoms with E-state index in [0.29, 0.717) is 0 Å². The van der Waals surface area contributed by atoms with Gasteiger partial charge < -0.3 is 104 Å². The standard InChI is InChI=1S/C34H42O22/c1-49-14-4-10(2-3-12(14)38)29-30(23(43)19-13(39)5-11(6-15(19)51-29)50-32-27(47)24(44)20(40)16(7-35)52-32)55-34-31(26(46)22(42)18(9-37)54-34)56-33-28(48)25(45)21(41)17(8-36)53-33/h2-6,16-18,20-22,24-28,31-42,44-48H,7-9H2,1H3/t16-,17-,18-,20-,21-,22-,24+,25+,26+,27-,28-,31-,32-,33+,34+/m1/s1. The summed E-state index contributed by atoms with van der Waals surface area (Å²) >= 11 is 0. The van der Waals surface area contributed by atoms with Gasteiger partial charge in [0.1, 0.15) is 89.6 Å². The molecule has 4 heterocycles. The third-order valence-corrected chi connectivity index (χ3v) is 9.65. The highest BCUT2D eigenvalue weighted by Gasteiger charge is 2.52. The van der Waals surface area contributed by atoms with Crippen molar-refractivity contribution in [3.05, 3.63) is 40.6 Å². The highest BCUT2D eigenvalue weighted by atomic mass is 16.8. The quantitative estimate of drug-likeness (QED) is 0.0863. The van der Waals surface area contributed by atoms with E-state index in [1.165, 1.54) is 25.3 Å². The number of hydrogen-bond donors (Lipinski definition) is 13. The topological polar surface area (TPSA) is 358 Å². The summed E-state index contributed by atoms with van der Waals surface area (Å²) in [5.41, 5.74) is -1.54. The van der Waals surface area contributed by atoms with Gasteiger partial charge in [-0.3, -0.25) is 4.79 Å². The number of aromatic hydroxyl groups is 2. The van der Waals surface area contributed by atoms with Crippen molar-refractivity contribution >= 4 is 11.0 Å². The zero-order valence-corrected chi connectivity index (χ0v) is 29.2. The van der Waals surface area contributed by atoms with Crippen LogP contribution in [0.15, 0.2) is 39.5 Å². The molecule has 6 rings (SSSR count). The smallest absolute Gasteiger partial charge is 0.239 e. The zero-order chi connectivity index (χ0) is 40.7. The molecule has 22 nitrogen and oxygen atoms in total. The second-order valence-electron chi connectivity index (χ2n) is 13.2. The molecular weight excluding hydrogens is 760 g/mol. The second kappa shape index (κ2) is 16.9. The largest absolute Gasteiger partial charge is 0.507 e. The SMILES string of the molecule is COc1cc(-c2oc3cc(O[C@@H]4O[C@H](CO)[C@@H](O)[C@H](O)[C@H]4O)cc(O)c3c(=O)c2O[C@@H]2O[C@H](CO)[C@@H](O)[C@H](O)[C@H]2O[C@@H]2O[C@H](CO)[C@@H](O)[C@H](O)[C@H]2O)ccc1O. The summed E-state index contributed by atoms with van der Waals surface area (Å²) in [6.07, 6.45) is -26.9. The number of methoxy groups -OCH3 is 1. The molecule has 0 aliphatic carbocycles. The van der Waals surface area contributed by atoms with Gasteiger partial charge in [-0.2, -0.15) is 0 Å². The van der Waals surface area contributed by atoms with Crippen LogP contribution in [0.5, 0.6) is 28.7 Å². The van der Waals surface area contributed by atoms with Crippen LogP contribution in [0.1, 0.15) is 0 Å². The second-order valence-corrected chi connectivity index (χ2v) is 13.2. The molecule has 0 spiro atoms. The van der Waals surface area contributed by atoms with Crippen LogP contribution in [0, 0.1) is 0 Å². The van der Waals surface area contributed by atoms with Crippen molar-refractivity contribution in [2.45, 2.75) is 92.1 Å². The number of rotatable bonds is 11. The molecule has 2 aromatic carbocycles. The van der Waals surface area contributed by atoms with Crippen LogP contribution in [0.4, 0.5) is 0 Å². The Balaban J connectivity index is 1.44. The van der Waals surface area contributed by atoms with Gasteiger partial charge in [0, 0.05) is 17.7 Å². The van der Waals surface area contributed by atoms with Gasteiger partial charge in [-0.25, -0.2) is 0 Å². The molecule has 0 bridgehead atoms. The molecule has 22 heteroatoms. The molecule has 3 fully saturated rings. The lowest BCUT2D eigenvalue weighted by atomic mass is 9.97. The van der Waals surface area contributed by atoms with E-state index in [-0.39, 0.29) is 22.8 Å². The summed E-state index contributed by atoms with van der Waals surface area (Å²) < 4.78 is 45.0. The Morgan fingerprint density at radius 2 is 1.18 bits per heavy atom. The zero-order valence-electron chi connectivity index (χ0n) is 29.2. The molecule has 3 aliphatic heterocycles. The summed E-state index contributed by atoms with van der Waals surface area (Å²) in [7, 11) is 1.23. The van der Waals surface area contributed by atoms with Crippen LogP contribution in [-0.2, 0) is 18.9 Å². The third kappa shape index (κ3) is 7.70. The van der Waals surface area contributed by atoms with E-state index in [0.717, 1.165) is 12.1 Å². The van der Waals surface area contributed by atoms with E-state index in [4.69, 9.17) is 37.6 Å². The molecule has 3 saturated heterocycles. The predicted molar refractivity (Wildman–Crippen MR) is 179 cm³/mol. The molecule has 3 aromatic rings. The van der Waals surface area contributed by atoms with Crippen molar-refractivity contribution < 1.29 is 104 Å². The van der Waals surface area contributed by atoms with Gasteiger partial charge in [0.25, 0.3) is 0 Å². The Labute approximate surface area is 314 Å². The van der Waals surface area contributed by atoms with Crippen LogP contribution >= 0.6 is 0 Å². The Kier molecular flexibility index (Phi) is 12.6. The Bertz CT molecular complexity index is 1880. The molecule has 13 N–H and O–H groups in total. The first-order valence-electron chi connectivity index (χ1n) is 17.1. The number of benzene rings is 2. The van der Waals surface area contributed by atoms with Crippen molar-refractivity contribution in [2.24, 2.45) is 0 Å². The molecular formula is C34H42O22. The molecule has 310 valence electrons. The number of phenols is 2. The maximum Gasteiger partial charge on any atom is 0.239 e. The summed E-state index contributed by atoms with van der Waals surface area (Å²) in [6.45, 7) is -2.52. The minimum absolute atomic E-state index is 0.0186. The molecule has 56 heavy (non-hydrogen) atoms. The number of fused-ring (bicyclic) bond motifs is 1. The van der Waals surface area contributed by atoms with Gasteiger partial charge in [0.2, 0.25) is 23.8 Å². The Morgan fingerprint density at radius 3 is 1.77 bits per heavy atom. The van der Waals surface area contributed by atoms with Gasteiger partial charge in [-0.05, 0) is 18.2 Å². The van der Waals surface area contributed by atoms with E-state index in [1.54, 1.807) is 0 Å². The number of aliphatic hydroxyl groups excluding tert-OH is 11. The fourth-order valence-corrected chi connectivity index (χ4v) is 6.49. The molecule has 0 radical (unpaired) electrons. The number of hydrogen-bond acceptors (Lipinski definition) is 22. The first-order chi connectivity index (χ1) is 26.6. The van der Waals surface area contributed by atoms with E-state index < -0.39 is 146 Å². The predicted octanol–water partition coefficient (Wildman–Crippen LogP) is -4.94. The average molecular weight is 803 g/mol. The first-order valence-corrected chi connectivity index (χ1v) is 17.1. The maximum atomic E-state index is 14.3. The van der Waals surface area contributed by atoms with Crippen LogP contribution < -0.4 is 19.6 Å². The van der Waals surface area contributed by atoms with Crippen molar-refractivity contribution in [1.82, 2.24) is 0 Å². The summed E-state index contributed by atoms with van der Waals surface area (Å²) in [6, 6.07) is 5.63. The molecule has 3 aliphatic rings. The van der Waals surface area contributed by atoms with Crippen LogP contribution in [0.3, 0.4) is 0 Å². The highest BCUT2D eigenvalue weighted by molar-refractivity contribution is 5.88. The summed E-state index contributed by atoms with van der Waals surface area (Å²) in [5, 5.41) is 134. The van der Waals surface area contributed by atoms with Crippen molar-refractivity contribution in [2.75, 3.05) is 26.9 Å². The molecule has 0 amide bonds. The third-order valence-electron chi connectivity index (χ3n) is 9.65. The Morgan fingerprint density at radius 1 is 0.625 bits per heavy atom.